The molecule has 1 N–H and O–H groups in total. The fraction of sp³-hybridized carbons (Fsp3) is 0.474. The molecule has 0 radical (unpaired) electrons. The fourth-order valence-electron chi connectivity index (χ4n) is 2.99. The maximum absolute atomic E-state index is 5.43. The molecule has 1 aliphatic rings. The number of hydrogen-bond donors (Lipinski definition) is 1. The van der Waals surface area contributed by atoms with Crippen molar-refractivity contribution in [2.45, 2.75) is 39.3 Å². The molecule has 1 atom stereocenters. The first-order chi connectivity index (χ1) is 12.1. The number of aromatic nitrogens is 2. The molecule has 2 heterocycles. The number of ether oxygens (including phenoxy) is 2. The van der Waals surface area contributed by atoms with Crippen molar-refractivity contribution in [1.82, 2.24) is 9.97 Å². The molecule has 1 unspecified atom stereocenters. The van der Waals surface area contributed by atoms with Crippen molar-refractivity contribution in [3.63, 3.8) is 0 Å². The van der Waals surface area contributed by atoms with E-state index in [9.17, 15) is 0 Å². The van der Waals surface area contributed by atoms with E-state index in [1.54, 1.807) is 14.2 Å². The minimum atomic E-state index is 0.390. The van der Waals surface area contributed by atoms with Crippen LogP contribution in [-0.2, 0) is 13.0 Å². The molecule has 1 aromatic heterocycles. The van der Waals surface area contributed by atoms with E-state index >= 15 is 0 Å². The predicted octanol–water partition coefficient (Wildman–Crippen LogP) is 3.27. The van der Waals surface area contributed by atoms with Gasteiger partial charge in [0.05, 0.1) is 14.2 Å². The van der Waals surface area contributed by atoms with Gasteiger partial charge < -0.3 is 19.7 Å². The summed E-state index contributed by atoms with van der Waals surface area (Å²) in [6.45, 7) is 5.96. The van der Waals surface area contributed by atoms with Crippen molar-refractivity contribution in [2.24, 2.45) is 0 Å². The first-order valence-corrected chi connectivity index (χ1v) is 8.73. The Morgan fingerprint density at radius 3 is 2.60 bits per heavy atom. The van der Waals surface area contributed by atoms with Crippen LogP contribution >= 0.6 is 0 Å². The number of hydrogen-bond acceptors (Lipinski definition) is 6. The van der Waals surface area contributed by atoms with Crippen LogP contribution in [0.2, 0.25) is 0 Å². The highest BCUT2D eigenvalue weighted by Gasteiger charge is 2.21. The molecule has 25 heavy (non-hydrogen) atoms. The van der Waals surface area contributed by atoms with Crippen LogP contribution in [0.3, 0.4) is 0 Å². The van der Waals surface area contributed by atoms with Gasteiger partial charge in [0.15, 0.2) is 11.5 Å². The molecule has 0 amide bonds. The quantitative estimate of drug-likeness (QED) is 0.869. The molecular formula is C19H26N4O2. The molecule has 6 heteroatoms. The molecule has 0 spiro atoms. The third kappa shape index (κ3) is 3.78. The summed E-state index contributed by atoms with van der Waals surface area (Å²) in [5.74, 6) is 3.17. The molecule has 134 valence electrons. The van der Waals surface area contributed by atoms with Crippen molar-refractivity contribution >= 4 is 11.8 Å². The van der Waals surface area contributed by atoms with Crippen molar-refractivity contribution in [3.05, 3.63) is 35.5 Å². The lowest BCUT2D eigenvalue weighted by atomic mass is 9.99. The summed E-state index contributed by atoms with van der Waals surface area (Å²) >= 11 is 0. The zero-order valence-corrected chi connectivity index (χ0v) is 15.4. The number of rotatable bonds is 6. The van der Waals surface area contributed by atoms with Crippen molar-refractivity contribution in [1.29, 1.82) is 0 Å². The smallest absolute Gasteiger partial charge is 0.227 e. The molecule has 3 rings (SSSR count). The minimum Gasteiger partial charge on any atom is -0.493 e. The Morgan fingerprint density at radius 2 is 1.92 bits per heavy atom. The second-order valence-electron chi connectivity index (χ2n) is 6.34. The largest absolute Gasteiger partial charge is 0.493 e. The van der Waals surface area contributed by atoms with E-state index in [1.165, 1.54) is 11.1 Å². The monoisotopic (exact) mass is 342 g/mol. The Morgan fingerprint density at radius 1 is 1.20 bits per heavy atom. The van der Waals surface area contributed by atoms with Gasteiger partial charge in [0.25, 0.3) is 0 Å². The summed E-state index contributed by atoms with van der Waals surface area (Å²) in [6, 6.07) is 6.44. The van der Waals surface area contributed by atoms with E-state index in [0.717, 1.165) is 49.2 Å². The molecule has 0 aliphatic carbocycles. The Labute approximate surface area is 149 Å². The number of anilines is 2. The molecule has 0 saturated heterocycles. The van der Waals surface area contributed by atoms with Crippen molar-refractivity contribution < 1.29 is 9.47 Å². The van der Waals surface area contributed by atoms with Crippen LogP contribution in [0.5, 0.6) is 11.5 Å². The second-order valence-corrected chi connectivity index (χ2v) is 6.34. The molecule has 0 fully saturated rings. The lowest BCUT2D eigenvalue weighted by molar-refractivity contribution is 0.353. The highest BCUT2D eigenvalue weighted by molar-refractivity contribution is 5.51. The van der Waals surface area contributed by atoms with Gasteiger partial charge in [-0.2, -0.15) is 4.98 Å². The van der Waals surface area contributed by atoms with E-state index in [2.05, 4.69) is 46.2 Å². The number of methoxy groups -OCH3 is 2. The van der Waals surface area contributed by atoms with Gasteiger partial charge >= 0.3 is 0 Å². The first kappa shape index (κ1) is 17.3. The zero-order chi connectivity index (χ0) is 17.8. The van der Waals surface area contributed by atoms with Crippen LogP contribution in [0.25, 0.3) is 0 Å². The van der Waals surface area contributed by atoms with Gasteiger partial charge in [-0.25, -0.2) is 4.98 Å². The zero-order valence-electron chi connectivity index (χ0n) is 15.4. The SMILES string of the molecule is CCC(C)Nc1ccnc(N2CCc3cc(OC)c(OC)cc3C2)n1. The molecule has 0 saturated carbocycles. The average Bonchev–Trinajstić information content (AvgIpc) is 2.66. The van der Waals surface area contributed by atoms with Gasteiger partial charge in [-0.15, -0.1) is 0 Å². The summed E-state index contributed by atoms with van der Waals surface area (Å²) in [4.78, 5) is 11.4. The van der Waals surface area contributed by atoms with E-state index < -0.39 is 0 Å². The van der Waals surface area contributed by atoms with Crippen LogP contribution in [0.1, 0.15) is 31.4 Å². The maximum atomic E-state index is 5.43. The van der Waals surface area contributed by atoms with Gasteiger partial charge in [-0.05, 0) is 49.1 Å². The Bertz CT molecular complexity index is 735. The van der Waals surface area contributed by atoms with E-state index in [4.69, 9.17) is 9.47 Å². The molecule has 1 aliphatic heterocycles. The second kappa shape index (κ2) is 7.59. The normalized spacial score (nSPS) is 14.6. The number of nitrogens with one attached hydrogen (secondary N) is 1. The van der Waals surface area contributed by atoms with Crippen LogP contribution in [0, 0.1) is 0 Å². The summed E-state index contributed by atoms with van der Waals surface area (Å²) in [7, 11) is 3.33. The summed E-state index contributed by atoms with van der Waals surface area (Å²) in [5.41, 5.74) is 2.52. The van der Waals surface area contributed by atoms with Crippen LogP contribution in [0.4, 0.5) is 11.8 Å². The third-order valence-corrected chi connectivity index (χ3v) is 4.65. The summed E-state index contributed by atoms with van der Waals surface area (Å²) in [5, 5.41) is 3.41. The fourth-order valence-corrected chi connectivity index (χ4v) is 2.99. The van der Waals surface area contributed by atoms with E-state index in [0.29, 0.717) is 6.04 Å². The summed E-state index contributed by atoms with van der Waals surface area (Å²) < 4.78 is 10.8. The molecule has 1 aromatic carbocycles. The van der Waals surface area contributed by atoms with Crippen LogP contribution in [-0.4, -0.2) is 36.8 Å². The minimum absolute atomic E-state index is 0.390. The van der Waals surface area contributed by atoms with E-state index in [-0.39, 0.29) is 0 Å². The predicted molar refractivity (Wildman–Crippen MR) is 99.7 cm³/mol. The lowest BCUT2D eigenvalue weighted by Crippen LogP contribution is -2.32. The standard InChI is InChI=1S/C19H26N4O2/c1-5-13(2)21-18-6-8-20-19(22-18)23-9-7-14-10-16(24-3)17(25-4)11-15(14)12-23/h6,8,10-11,13H,5,7,9,12H2,1-4H3,(H,20,21,22). The molecular weight excluding hydrogens is 316 g/mol. The highest BCUT2D eigenvalue weighted by Crippen LogP contribution is 2.33. The number of benzene rings is 1. The van der Waals surface area contributed by atoms with Gasteiger partial charge in [0.2, 0.25) is 5.95 Å². The number of fused-ring (bicyclic) bond motifs is 1. The summed E-state index contributed by atoms with van der Waals surface area (Å²) in [6.07, 6.45) is 3.80. The Hall–Kier alpha value is -2.50. The average molecular weight is 342 g/mol. The lowest BCUT2D eigenvalue weighted by Gasteiger charge is -2.29. The topological polar surface area (TPSA) is 59.5 Å². The molecule has 6 nitrogen and oxygen atoms in total. The van der Waals surface area contributed by atoms with Gasteiger partial charge in [0.1, 0.15) is 5.82 Å². The highest BCUT2D eigenvalue weighted by atomic mass is 16.5. The van der Waals surface area contributed by atoms with Gasteiger partial charge in [-0.3, -0.25) is 0 Å². The molecule has 2 aromatic rings. The van der Waals surface area contributed by atoms with Crippen LogP contribution in [0.15, 0.2) is 24.4 Å². The Balaban J connectivity index is 1.82. The van der Waals surface area contributed by atoms with Gasteiger partial charge in [0, 0.05) is 25.3 Å². The van der Waals surface area contributed by atoms with E-state index in [1.807, 2.05) is 12.3 Å². The number of nitrogens with zero attached hydrogens (tertiary/aromatic N) is 3. The van der Waals surface area contributed by atoms with Crippen molar-refractivity contribution in [3.8, 4) is 11.5 Å². The van der Waals surface area contributed by atoms with Gasteiger partial charge in [-0.1, -0.05) is 6.92 Å². The molecule has 0 bridgehead atoms. The Kier molecular flexibility index (Phi) is 5.26. The maximum Gasteiger partial charge on any atom is 0.227 e. The first-order valence-electron chi connectivity index (χ1n) is 8.73. The van der Waals surface area contributed by atoms with Crippen molar-refractivity contribution in [2.75, 3.05) is 31.0 Å². The third-order valence-electron chi connectivity index (χ3n) is 4.65. The van der Waals surface area contributed by atoms with Crippen LogP contribution < -0.4 is 19.7 Å².